The first-order valence-electron chi connectivity index (χ1n) is 5.56. The molecule has 0 saturated heterocycles. The Morgan fingerprint density at radius 2 is 2.18 bits per heavy atom. The zero-order chi connectivity index (χ0) is 13.0. The highest BCUT2D eigenvalue weighted by Crippen LogP contribution is 2.11. The molecule has 17 heavy (non-hydrogen) atoms. The molecular weight excluding hydrogens is 218 g/mol. The molecule has 0 radical (unpaired) electrons. The molecule has 92 valence electrons. The summed E-state index contributed by atoms with van der Waals surface area (Å²) in [7, 11) is 0. The van der Waals surface area contributed by atoms with Gasteiger partial charge in [-0.25, -0.2) is 4.98 Å². The van der Waals surface area contributed by atoms with Crippen LogP contribution in [-0.4, -0.2) is 10.9 Å². The Balaban J connectivity index is 2.57. The van der Waals surface area contributed by atoms with Gasteiger partial charge in [0.2, 0.25) is 11.8 Å². The van der Waals surface area contributed by atoms with Gasteiger partial charge >= 0.3 is 0 Å². The van der Waals surface area contributed by atoms with E-state index in [-0.39, 0.29) is 18.4 Å². The van der Waals surface area contributed by atoms with Crippen LogP contribution in [-0.2, 0) is 11.3 Å². The van der Waals surface area contributed by atoms with Crippen molar-refractivity contribution in [2.24, 2.45) is 11.8 Å². The van der Waals surface area contributed by atoms with Crippen LogP contribution in [0.4, 0.5) is 0 Å². The average Bonchev–Trinajstić information content (AvgIpc) is 2.56. The predicted octanol–water partition coefficient (Wildman–Crippen LogP) is 1.70. The largest absolute Gasteiger partial charge is 0.444 e. The molecule has 1 amide bonds. The van der Waals surface area contributed by atoms with Crippen molar-refractivity contribution in [3.05, 3.63) is 17.3 Å². The third kappa shape index (κ3) is 3.31. The molecular formula is C12H17N3O2. The fourth-order valence-corrected chi connectivity index (χ4v) is 1.40. The summed E-state index contributed by atoms with van der Waals surface area (Å²) in [4.78, 5) is 15.8. The first kappa shape index (κ1) is 13.2. The van der Waals surface area contributed by atoms with Crippen LogP contribution < -0.4 is 5.32 Å². The second-order valence-electron chi connectivity index (χ2n) is 4.32. The molecule has 0 aromatic carbocycles. The van der Waals surface area contributed by atoms with Gasteiger partial charge in [-0.2, -0.15) is 5.26 Å². The maximum atomic E-state index is 11.7. The monoisotopic (exact) mass is 235 g/mol. The van der Waals surface area contributed by atoms with Crippen molar-refractivity contribution in [2.45, 2.75) is 34.2 Å². The summed E-state index contributed by atoms with van der Waals surface area (Å²) in [6.45, 7) is 7.56. The summed E-state index contributed by atoms with van der Waals surface area (Å²) in [5.74, 6) is 0.292. The zero-order valence-electron chi connectivity index (χ0n) is 10.6. The molecule has 0 saturated carbocycles. The molecule has 1 N–H and O–H groups in total. The maximum Gasteiger partial charge on any atom is 0.238 e. The van der Waals surface area contributed by atoms with Crippen molar-refractivity contribution in [2.75, 3.05) is 0 Å². The van der Waals surface area contributed by atoms with E-state index in [1.165, 1.54) is 0 Å². The Hall–Kier alpha value is -1.83. The molecule has 0 aliphatic heterocycles. The van der Waals surface area contributed by atoms with Gasteiger partial charge in [0, 0.05) is 0 Å². The van der Waals surface area contributed by atoms with Gasteiger partial charge in [-0.3, -0.25) is 4.79 Å². The summed E-state index contributed by atoms with van der Waals surface area (Å²) in [5.41, 5.74) is 0.815. The number of hydrogen-bond donors (Lipinski definition) is 1. The molecule has 1 aromatic heterocycles. The van der Waals surface area contributed by atoms with E-state index in [1.807, 2.05) is 33.8 Å². The van der Waals surface area contributed by atoms with Crippen LogP contribution >= 0.6 is 0 Å². The minimum Gasteiger partial charge on any atom is -0.444 e. The van der Waals surface area contributed by atoms with Crippen molar-refractivity contribution in [3.63, 3.8) is 0 Å². The highest BCUT2D eigenvalue weighted by molar-refractivity contribution is 5.81. The molecule has 5 heteroatoms. The molecule has 0 aliphatic carbocycles. The van der Waals surface area contributed by atoms with Gasteiger partial charge < -0.3 is 9.73 Å². The number of amides is 1. The third-order valence-electron chi connectivity index (χ3n) is 2.57. The summed E-state index contributed by atoms with van der Waals surface area (Å²) >= 11 is 0. The average molecular weight is 235 g/mol. The molecule has 0 bridgehead atoms. The van der Waals surface area contributed by atoms with Crippen LogP contribution in [0.25, 0.3) is 0 Å². The van der Waals surface area contributed by atoms with Crippen LogP contribution in [0.5, 0.6) is 0 Å². The van der Waals surface area contributed by atoms with Crippen LogP contribution in [0.1, 0.15) is 31.2 Å². The van der Waals surface area contributed by atoms with Gasteiger partial charge in [-0.05, 0) is 19.8 Å². The summed E-state index contributed by atoms with van der Waals surface area (Å²) in [6, 6.07) is 1.99. The fraction of sp³-hybridized carbons (Fsp3) is 0.583. The van der Waals surface area contributed by atoms with Crippen molar-refractivity contribution >= 4 is 5.91 Å². The van der Waals surface area contributed by atoms with Crippen LogP contribution in [0.3, 0.4) is 0 Å². The Labute approximate surface area is 101 Å². The maximum absolute atomic E-state index is 11.7. The van der Waals surface area contributed by atoms with Gasteiger partial charge in [-0.1, -0.05) is 13.8 Å². The number of nitrogens with zero attached hydrogens (tertiary/aromatic N) is 2. The van der Waals surface area contributed by atoms with E-state index in [4.69, 9.17) is 9.68 Å². The smallest absolute Gasteiger partial charge is 0.238 e. The van der Waals surface area contributed by atoms with E-state index in [0.717, 1.165) is 11.5 Å². The molecule has 5 nitrogen and oxygen atoms in total. The minimum atomic E-state index is -0.632. The van der Waals surface area contributed by atoms with E-state index in [1.54, 1.807) is 0 Å². The third-order valence-corrected chi connectivity index (χ3v) is 2.57. The second kappa shape index (κ2) is 5.48. The quantitative estimate of drug-likeness (QED) is 0.861. The van der Waals surface area contributed by atoms with Gasteiger partial charge in [0.1, 0.15) is 11.7 Å². The van der Waals surface area contributed by atoms with E-state index in [9.17, 15) is 4.79 Å². The van der Waals surface area contributed by atoms with Crippen molar-refractivity contribution in [1.29, 1.82) is 5.26 Å². The Kier molecular flexibility index (Phi) is 4.27. The highest BCUT2D eigenvalue weighted by Gasteiger charge is 2.21. The van der Waals surface area contributed by atoms with Crippen molar-refractivity contribution < 1.29 is 9.21 Å². The molecule has 1 heterocycles. The second-order valence-corrected chi connectivity index (χ2v) is 4.32. The number of rotatable bonds is 4. The summed E-state index contributed by atoms with van der Waals surface area (Å²) < 4.78 is 5.33. The lowest BCUT2D eigenvalue weighted by Crippen LogP contribution is -2.32. The number of aromatic nitrogens is 1. The van der Waals surface area contributed by atoms with Crippen molar-refractivity contribution in [1.82, 2.24) is 10.3 Å². The van der Waals surface area contributed by atoms with E-state index < -0.39 is 5.92 Å². The van der Waals surface area contributed by atoms with Crippen LogP contribution in [0.2, 0.25) is 0 Å². The van der Waals surface area contributed by atoms with Gasteiger partial charge in [0.25, 0.3) is 0 Å². The first-order chi connectivity index (χ1) is 7.95. The first-order valence-corrected chi connectivity index (χ1v) is 5.56. The standard InChI is InChI=1S/C12H17N3O2/c1-7(2)10(5-13)12(16)14-6-11-15-8(3)9(4)17-11/h7,10H,6H2,1-4H3,(H,14,16). The predicted molar refractivity (Wildman–Crippen MR) is 61.8 cm³/mol. The van der Waals surface area contributed by atoms with Crippen LogP contribution in [0.15, 0.2) is 4.42 Å². The van der Waals surface area contributed by atoms with E-state index in [0.29, 0.717) is 5.89 Å². The van der Waals surface area contributed by atoms with Gasteiger partial charge in [0.15, 0.2) is 0 Å². The molecule has 1 aromatic rings. The lowest BCUT2D eigenvalue weighted by molar-refractivity contribution is -0.124. The highest BCUT2D eigenvalue weighted by atomic mass is 16.4. The zero-order valence-corrected chi connectivity index (χ0v) is 10.6. The van der Waals surface area contributed by atoms with Gasteiger partial charge in [0.05, 0.1) is 18.3 Å². The number of nitriles is 1. The molecule has 0 fully saturated rings. The molecule has 0 aliphatic rings. The number of oxazole rings is 1. The number of aryl methyl sites for hydroxylation is 2. The Morgan fingerprint density at radius 1 is 1.53 bits per heavy atom. The fourth-order valence-electron chi connectivity index (χ4n) is 1.40. The Bertz CT molecular complexity index is 424. The van der Waals surface area contributed by atoms with E-state index in [2.05, 4.69) is 10.3 Å². The number of nitrogens with one attached hydrogen (secondary N) is 1. The number of hydrogen-bond acceptors (Lipinski definition) is 4. The van der Waals surface area contributed by atoms with Crippen molar-refractivity contribution in [3.8, 4) is 6.07 Å². The minimum absolute atomic E-state index is 0.00645. The normalized spacial score (nSPS) is 12.2. The Morgan fingerprint density at radius 3 is 2.59 bits per heavy atom. The van der Waals surface area contributed by atoms with E-state index >= 15 is 0 Å². The number of carbonyl (C=O) groups excluding carboxylic acids is 1. The molecule has 0 spiro atoms. The SMILES string of the molecule is Cc1nc(CNC(=O)C(C#N)C(C)C)oc1C. The lowest BCUT2D eigenvalue weighted by Gasteiger charge is -2.11. The van der Waals surface area contributed by atoms with Gasteiger partial charge in [-0.15, -0.1) is 0 Å². The lowest BCUT2D eigenvalue weighted by atomic mass is 9.97. The summed E-state index contributed by atoms with van der Waals surface area (Å²) in [6.07, 6.45) is 0. The number of carbonyl (C=O) groups is 1. The summed E-state index contributed by atoms with van der Waals surface area (Å²) in [5, 5.41) is 11.5. The van der Waals surface area contributed by atoms with Crippen LogP contribution in [0, 0.1) is 37.0 Å². The molecule has 1 unspecified atom stereocenters. The molecule has 1 atom stereocenters. The topological polar surface area (TPSA) is 78.9 Å². The molecule has 1 rings (SSSR count).